The molecule has 0 unspecified atom stereocenters. The summed E-state index contributed by atoms with van der Waals surface area (Å²) < 4.78 is 41.5. The molecule has 0 aliphatic rings. The first kappa shape index (κ1) is 13.6. The molecule has 0 aromatic carbocycles. The van der Waals surface area contributed by atoms with Gasteiger partial charge in [0.2, 0.25) is 0 Å². The van der Waals surface area contributed by atoms with Gasteiger partial charge >= 0.3 is 12.1 Å². The zero-order valence-corrected chi connectivity index (χ0v) is 9.56. The quantitative estimate of drug-likeness (QED) is 0.669. The summed E-state index contributed by atoms with van der Waals surface area (Å²) in [6, 6.07) is 0.808. The number of thioether (sulfide) groups is 1. The fraction of sp³-hybridized carbons (Fsp3) is 0.333. The third kappa shape index (κ3) is 3.81. The molecule has 0 amide bonds. The zero-order chi connectivity index (χ0) is 13.1. The second-order valence-corrected chi connectivity index (χ2v) is 3.99. The average Bonchev–Trinajstić information content (AvgIpc) is 2.26. The van der Waals surface area contributed by atoms with Gasteiger partial charge < -0.3 is 10.5 Å². The summed E-state index contributed by atoms with van der Waals surface area (Å²) >= 11 is 0.870. The fourth-order valence-electron chi connectivity index (χ4n) is 0.923. The topological polar surface area (TPSA) is 65.2 Å². The summed E-state index contributed by atoms with van der Waals surface area (Å²) in [6.07, 6.45) is -3.61. The van der Waals surface area contributed by atoms with Crippen molar-refractivity contribution < 1.29 is 22.7 Å². The molecule has 1 rings (SSSR count). The van der Waals surface area contributed by atoms with Gasteiger partial charge in [-0.2, -0.15) is 13.2 Å². The molecule has 17 heavy (non-hydrogen) atoms. The van der Waals surface area contributed by atoms with E-state index in [0.717, 1.165) is 24.0 Å². The van der Waals surface area contributed by atoms with Crippen LogP contribution in [0.4, 0.5) is 18.9 Å². The highest BCUT2D eigenvalue weighted by Gasteiger charge is 2.33. The monoisotopic (exact) mass is 266 g/mol. The second kappa shape index (κ2) is 5.26. The summed E-state index contributed by atoms with van der Waals surface area (Å²) in [5, 5.41) is 0. The molecule has 1 heterocycles. The number of hydrogen-bond acceptors (Lipinski definition) is 5. The predicted molar refractivity (Wildman–Crippen MR) is 56.4 cm³/mol. The van der Waals surface area contributed by atoms with Gasteiger partial charge in [-0.1, -0.05) is 0 Å². The molecule has 0 saturated carbocycles. The van der Waals surface area contributed by atoms with Crippen molar-refractivity contribution >= 4 is 23.4 Å². The van der Waals surface area contributed by atoms with Gasteiger partial charge in [0, 0.05) is 4.90 Å². The molecule has 8 heteroatoms. The number of rotatable bonds is 3. The Kier molecular flexibility index (Phi) is 4.22. The van der Waals surface area contributed by atoms with E-state index < -0.39 is 17.8 Å². The van der Waals surface area contributed by atoms with Crippen LogP contribution in [0.25, 0.3) is 0 Å². The molecule has 0 radical (unpaired) electrons. The van der Waals surface area contributed by atoms with Crippen LogP contribution in [0.15, 0.2) is 17.2 Å². The SMILES string of the molecule is COC(=O)CSc1cc(C(F)(F)F)ncc1N. The maximum atomic E-state index is 12.4. The van der Waals surface area contributed by atoms with E-state index in [-0.39, 0.29) is 16.3 Å². The summed E-state index contributed by atoms with van der Waals surface area (Å²) in [7, 11) is 1.19. The number of methoxy groups -OCH3 is 1. The molecule has 1 aromatic rings. The molecule has 2 N–H and O–H groups in total. The number of ether oxygens (including phenoxy) is 1. The highest BCUT2D eigenvalue weighted by molar-refractivity contribution is 8.00. The number of pyridine rings is 1. The maximum absolute atomic E-state index is 12.4. The van der Waals surface area contributed by atoms with Crippen LogP contribution in [0.1, 0.15) is 5.69 Å². The molecule has 94 valence electrons. The predicted octanol–water partition coefficient (Wildman–Crippen LogP) is 1.95. The molecular formula is C9H9F3N2O2S. The number of carbonyl (C=O) groups excluding carboxylic acids is 1. The molecule has 4 nitrogen and oxygen atoms in total. The lowest BCUT2D eigenvalue weighted by molar-refractivity contribution is -0.141. The van der Waals surface area contributed by atoms with E-state index in [1.54, 1.807) is 0 Å². The summed E-state index contributed by atoms with van der Waals surface area (Å²) in [4.78, 5) is 14.2. The smallest absolute Gasteiger partial charge is 0.433 e. The van der Waals surface area contributed by atoms with Crippen molar-refractivity contribution in [3.05, 3.63) is 18.0 Å². The van der Waals surface area contributed by atoms with E-state index >= 15 is 0 Å². The van der Waals surface area contributed by atoms with E-state index in [0.29, 0.717) is 0 Å². The molecular weight excluding hydrogens is 257 g/mol. The summed E-state index contributed by atoms with van der Waals surface area (Å²) in [5.41, 5.74) is 4.50. The van der Waals surface area contributed by atoms with Gasteiger partial charge in [-0.05, 0) is 6.07 Å². The second-order valence-electron chi connectivity index (χ2n) is 2.97. The Bertz CT molecular complexity index is 423. The van der Waals surface area contributed by atoms with Gasteiger partial charge in [0.15, 0.2) is 0 Å². The number of hydrogen-bond donors (Lipinski definition) is 1. The Labute approximate surface area is 99.3 Å². The Morgan fingerprint density at radius 1 is 1.59 bits per heavy atom. The molecule has 0 bridgehead atoms. The van der Waals surface area contributed by atoms with Gasteiger partial charge in [-0.3, -0.25) is 4.79 Å². The number of alkyl halides is 3. The minimum atomic E-state index is -4.53. The zero-order valence-electron chi connectivity index (χ0n) is 8.75. The Hall–Kier alpha value is -1.44. The van der Waals surface area contributed by atoms with Crippen LogP contribution in [0.2, 0.25) is 0 Å². The number of aromatic nitrogens is 1. The molecule has 0 aliphatic carbocycles. The van der Waals surface area contributed by atoms with Gasteiger partial charge in [-0.25, -0.2) is 4.98 Å². The third-order valence-corrected chi connectivity index (χ3v) is 2.80. The van der Waals surface area contributed by atoms with E-state index in [2.05, 4.69) is 9.72 Å². The fourth-order valence-corrected chi connectivity index (χ4v) is 1.73. The molecule has 0 spiro atoms. The minimum Gasteiger partial charge on any atom is -0.468 e. The number of carbonyl (C=O) groups is 1. The van der Waals surface area contributed by atoms with Gasteiger partial charge in [0.1, 0.15) is 5.69 Å². The standard InChI is InChI=1S/C9H9F3N2O2S/c1-16-8(15)4-17-6-2-7(9(10,11)12)14-3-5(6)13/h2-3H,4,13H2,1H3. The van der Waals surface area contributed by atoms with Crippen molar-refractivity contribution in [1.82, 2.24) is 4.98 Å². The van der Waals surface area contributed by atoms with Crippen LogP contribution in [0.3, 0.4) is 0 Å². The molecule has 1 aromatic heterocycles. The average molecular weight is 266 g/mol. The number of anilines is 1. The van der Waals surface area contributed by atoms with E-state index in [1.165, 1.54) is 7.11 Å². The van der Waals surface area contributed by atoms with Crippen LogP contribution >= 0.6 is 11.8 Å². The Morgan fingerprint density at radius 2 is 2.24 bits per heavy atom. The Morgan fingerprint density at radius 3 is 2.76 bits per heavy atom. The van der Waals surface area contributed by atoms with Crippen molar-refractivity contribution in [2.24, 2.45) is 0 Å². The maximum Gasteiger partial charge on any atom is 0.433 e. The van der Waals surface area contributed by atoms with Crippen LogP contribution < -0.4 is 5.73 Å². The van der Waals surface area contributed by atoms with Crippen molar-refractivity contribution in [2.45, 2.75) is 11.1 Å². The third-order valence-electron chi connectivity index (χ3n) is 1.76. The number of nitrogens with two attached hydrogens (primary N) is 1. The largest absolute Gasteiger partial charge is 0.468 e. The first-order valence-corrected chi connectivity index (χ1v) is 5.35. The van der Waals surface area contributed by atoms with E-state index in [4.69, 9.17) is 5.73 Å². The van der Waals surface area contributed by atoms with Crippen LogP contribution in [0.5, 0.6) is 0 Å². The van der Waals surface area contributed by atoms with Crippen molar-refractivity contribution in [2.75, 3.05) is 18.6 Å². The summed E-state index contributed by atoms with van der Waals surface area (Å²) in [6.45, 7) is 0. The number of nitrogen functional groups attached to an aromatic ring is 1. The molecule has 0 saturated heterocycles. The first-order valence-electron chi connectivity index (χ1n) is 4.37. The molecule has 0 aliphatic heterocycles. The number of esters is 1. The van der Waals surface area contributed by atoms with Crippen molar-refractivity contribution in [3.8, 4) is 0 Å². The van der Waals surface area contributed by atoms with Crippen LogP contribution in [0, 0.1) is 0 Å². The van der Waals surface area contributed by atoms with E-state index in [1.807, 2.05) is 0 Å². The van der Waals surface area contributed by atoms with Crippen molar-refractivity contribution in [1.29, 1.82) is 0 Å². The lowest BCUT2D eigenvalue weighted by Gasteiger charge is -2.09. The van der Waals surface area contributed by atoms with Crippen LogP contribution in [-0.2, 0) is 15.7 Å². The van der Waals surface area contributed by atoms with Gasteiger partial charge in [-0.15, -0.1) is 11.8 Å². The number of nitrogens with zero attached hydrogens (tertiary/aromatic N) is 1. The van der Waals surface area contributed by atoms with Crippen LogP contribution in [-0.4, -0.2) is 23.8 Å². The molecule has 0 fully saturated rings. The van der Waals surface area contributed by atoms with E-state index in [9.17, 15) is 18.0 Å². The minimum absolute atomic E-state index is 0.0897. The van der Waals surface area contributed by atoms with Crippen molar-refractivity contribution in [3.63, 3.8) is 0 Å². The normalized spacial score (nSPS) is 11.3. The van der Waals surface area contributed by atoms with Gasteiger partial charge in [0.05, 0.1) is 24.7 Å². The summed E-state index contributed by atoms with van der Waals surface area (Å²) in [5.74, 6) is -0.651. The highest BCUT2D eigenvalue weighted by Crippen LogP contribution is 2.32. The Balaban J connectivity index is 2.88. The van der Waals surface area contributed by atoms with Gasteiger partial charge in [0.25, 0.3) is 0 Å². The number of halogens is 3. The molecule has 0 atom stereocenters. The lowest BCUT2D eigenvalue weighted by atomic mass is 10.3. The first-order chi connectivity index (χ1) is 7.84. The lowest BCUT2D eigenvalue weighted by Crippen LogP contribution is -2.09. The highest BCUT2D eigenvalue weighted by atomic mass is 32.2.